The van der Waals surface area contributed by atoms with E-state index in [4.69, 9.17) is 10.2 Å². The number of allylic oxidation sites excluding steroid dienone is 2. The Hall–Kier alpha value is -0.990. The van der Waals surface area contributed by atoms with Crippen LogP contribution in [0.3, 0.4) is 0 Å². The summed E-state index contributed by atoms with van der Waals surface area (Å²) in [5, 5.41) is 17.1. The van der Waals surface area contributed by atoms with Gasteiger partial charge in [0.05, 0.1) is 12.2 Å². The van der Waals surface area contributed by atoms with Crippen molar-refractivity contribution in [1.29, 1.82) is 0 Å². The summed E-state index contributed by atoms with van der Waals surface area (Å²) in [4.78, 5) is 9.97. The Morgan fingerprint density at radius 1 is 1.40 bits per heavy atom. The molecule has 58 valence electrons. The number of carboxylic acid groups (broad SMARTS) is 1. The minimum Gasteiger partial charge on any atom is -0.513 e. The van der Waals surface area contributed by atoms with Gasteiger partial charge in [-0.1, -0.05) is 6.92 Å². The lowest BCUT2D eigenvalue weighted by atomic mass is 10.2. The Bertz CT molecular complexity index is 138. The number of carbonyl (C=O) groups is 1. The third kappa shape index (κ3) is 5.15. The molecule has 0 aromatic carbocycles. The molecule has 0 radical (unpaired) electrons. The molecule has 0 saturated carbocycles. The summed E-state index contributed by atoms with van der Waals surface area (Å²) in [6.07, 6.45) is 2.60. The lowest BCUT2D eigenvalue weighted by Gasteiger charge is -1.94. The molecule has 0 aliphatic heterocycles. The second-order valence-corrected chi connectivity index (χ2v) is 2.00. The Morgan fingerprint density at radius 2 is 2.00 bits per heavy atom. The minimum atomic E-state index is -0.879. The largest absolute Gasteiger partial charge is 0.513 e. The van der Waals surface area contributed by atoms with Crippen LogP contribution in [-0.2, 0) is 4.79 Å². The molecule has 0 aliphatic carbocycles. The first-order chi connectivity index (χ1) is 4.66. The fraction of sp³-hybridized carbons (Fsp3) is 0.571. The first kappa shape index (κ1) is 9.01. The molecule has 3 heteroatoms. The first-order valence-electron chi connectivity index (χ1n) is 3.26. The van der Waals surface area contributed by atoms with Gasteiger partial charge in [-0.25, -0.2) is 0 Å². The highest BCUT2D eigenvalue weighted by Gasteiger charge is 1.97. The van der Waals surface area contributed by atoms with Crippen LogP contribution in [0.25, 0.3) is 0 Å². The van der Waals surface area contributed by atoms with Crippen LogP contribution in [0.2, 0.25) is 0 Å². The summed E-state index contributed by atoms with van der Waals surface area (Å²) in [6, 6.07) is 0. The van der Waals surface area contributed by atoms with Crippen LogP contribution >= 0.6 is 0 Å². The van der Waals surface area contributed by atoms with Crippen LogP contribution in [0.1, 0.15) is 26.2 Å². The smallest absolute Gasteiger partial charge is 0.303 e. The second-order valence-electron chi connectivity index (χ2n) is 2.00. The summed E-state index contributed by atoms with van der Waals surface area (Å²) in [6.45, 7) is 1.89. The van der Waals surface area contributed by atoms with Crippen LogP contribution in [0.15, 0.2) is 11.8 Å². The average Bonchev–Trinajstić information content (AvgIpc) is 1.85. The van der Waals surface area contributed by atoms with E-state index < -0.39 is 5.97 Å². The molecule has 0 saturated heterocycles. The first-order valence-corrected chi connectivity index (χ1v) is 3.26. The van der Waals surface area contributed by atoms with Gasteiger partial charge in [0.1, 0.15) is 0 Å². The molecule has 0 bridgehead atoms. The van der Waals surface area contributed by atoms with Crippen molar-refractivity contribution >= 4 is 5.97 Å². The predicted molar refractivity (Wildman–Crippen MR) is 37.9 cm³/mol. The molecule has 0 heterocycles. The number of aliphatic hydroxyl groups excluding tert-OH is 1. The van der Waals surface area contributed by atoms with Crippen LogP contribution in [0.5, 0.6) is 0 Å². The monoisotopic (exact) mass is 144 g/mol. The van der Waals surface area contributed by atoms with Crippen molar-refractivity contribution in [2.75, 3.05) is 0 Å². The fourth-order valence-corrected chi connectivity index (χ4v) is 0.573. The molecule has 0 aromatic rings. The summed E-state index contributed by atoms with van der Waals surface area (Å²) < 4.78 is 0. The van der Waals surface area contributed by atoms with E-state index in [1.807, 2.05) is 6.92 Å². The summed E-state index contributed by atoms with van der Waals surface area (Å²) >= 11 is 0. The van der Waals surface area contributed by atoms with Gasteiger partial charge in [-0.2, -0.15) is 0 Å². The van der Waals surface area contributed by atoms with Gasteiger partial charge < -0.3 is 10.2 Å². The number of carboxylic acids is 1. The van der Waals surface area contributed by atoms with Crippen molar-refractivity contribution in [2.45, 2.75) is 26.2 Å². The molecule has 0 aliphatic rings. The highest BCUT2D eigenvalue weighted by molar-refractivity contribution is 5.66. The average molecular weight is 144 g/mol. The van der Waals surface area contributed by atoms with E-state index in [1.165, 1.54) is 0 Å². The lowest BCUT2D eigenvalue weighted by Crippen LogP contribution is -1.94. The van der Waals surface area contributed by atoms with Crippen LogP contribution < -0.4 is 0 Å². The third-order valence-electron chi connectivity index (χ3n) is 1.03. The standard InChI is InChI=1S/C7H12O3/c1-2-3-6(8)4-5-7(9)10/h3,8H,2,4-5H2,1H3,(H,9,10). The summed E-state index contributed by atoms with van der Waals surface area (Å²) in [5.74, 6) is -0.707. The predicted octanol–water partition coefficient (Wildman–Crippen LogP) is 1.70. The quantitative estimate of drug-likeness (QED) is 0.590. The van der Waals surface area contributed by atoms with E-state index >= 15 is 0 Å². The molecule has 3 nitrogen and oxygen atoms in total. The Kier molecular flexibility index (Phi) is 4.37. The van der Waals surface area contributed by atoms with Gasteiger partial charge in [-0.15, -0.1) is 0 Å². The van der Waals surface area contributed by atoms with Gasteiger partial charge in [-0.05, 0) is 12.5 Å². The number of hydrogen-bond donors (Lipinski definition) is 2. The van der Waals surface area contributed by atoms with Crippen LogP contribution in [0, 0.1) is 0 Å². The zero-order valence-corrected chi connectivity index (χ0v) is 6.00. The number of hydrogen-bond acceptors (Lipinski definition) is 2. The minimum absolute atomic E-state index is 0.00231. The molecule has 0 atom stereocenters. The molecule has 0 amide bonds. The van der Waals surface area contributed by atoms with E-state index in [9.17, 15) is 4.79 Å². The topological polar surface area (TPSA) is 57.5 Å². The van der Waals surface area contributed by atoms with E-state index in [2.05, 4.69) is 0 Å². The van der Waals surface area contributed by atoms with Crippen LogP contribution in [0.4, 0.5) is 0 Å². The second kappa shape index (κ2) is 4.85. The SMILES string of the molecule is CCC=C(O)CCC(=O)O. The zero-order chi connectivity index (χ0) is 7.98. The maximum absolute atomic E-state index is 9.97. The van der Waals surface area contributed by atoms with Crippen molar-refractivity contribution < 1.29 is 15.0 Å². The Balaban J connectivity index is 3.48. The summed E-state index contributed by atoms with van der Waals surface area (Å²) in [5.41, 5.74) is 0. The Labute approximate surface area is 60.0 Å². The Morgan fingerprint density at radius 3 is 2.40 bits per heavy atom. The molecule has 2 N–H and O–H groups in total. The van der Waals surface area contributed by atoms with Gasteiger partial charge in [0.2, 0.25) is 0 Å². The molecule has 0 spiro atoms. The number of aliphatic hydroxyl groups is 1. The molecular weight excluding hydrogens is 132 g/mol. The van der Waals surface area contributed by atoms with Crippen molar-refractivity contribution in [1.82, 2.24) is 0 Å². The van der Waals surface area contributed by atoms with Gasteiger partial charge in [0.25, 0.3) is 0 Å². The van der Waals surface area contributed by atoms with E-state index in [-0.39, 0.29) is 18.6 Å². The summed E-state index contributed by atoms with van der Waals surface area (Å²) in [7, 11) is 0. The number of aliphatic carboxylic acids is 1. The molecular formula is C7H12O3. The van der Waals surface area contributed by atoms with E-state index in [0.717, 1.165) is 6.42 Å². The van der Waals surface area contributed by atoms with Crippen molar-refractivity contribution in [2.24, 2.45) is 0 Å². The van der Waals surface area contributed by atoms with E-state index in [0.29, 0.717) is 0 Å². The van der Waals surface area contributed by atoms with Crippen molar-refractivity contribution in [3.8, 4) is 0 Å². The van der Waals surface area contributed by atoms with Crippen molar-refractivity contribution in [3.05, 3.63) is 11.8 Å². The van der Waals surface area contributed by atoms with Gasteiger partial charge in [-0.3, -0.25) is 4.79 Å². The van der Waals surface area contributed by atoms with Crippen molar-refractivity contribution in [3.63, 3.8) is 0 Å². The molecule has 10 heavy (non-hydrogen) atoms. The fourth-order valence-electron chi connectivity index (χ4n) is 0.573. The maximum atomic E-state index is 9.97. The highest BCUT2D eigenvalue weighted by atomic mass is 16.4. The maximum Gasteiger partial charge on any atom is 0.303 e. The lowest BCUT2D eigenvalue weighted by molar-refractivity contribution is -0.137. The zero-order valence-electron chi connectivity index (χ0n) is 6.00. The normalized spacial score (nSPS) is 11.5. The van der Waals surface area contributed by atoms with Gasteiger partial charge in [0.15, 0.2) is 0 Å². The van der Waals surface area contributed by atoms with Gasteiger partial charge >= 0.3 is 5.97 Å². The third-order valence-corrected chi connectivity index (χ3v) is 1.03. The molecule has 0 unspecified atom stereocenters. The molecule has 0 aromatic heterocycles. The number of rotatable bonds is 4. The highest BCUT2D eigenvalue weighted by Crippen LogP contribution is 2.01. The van der Waals surface area contributed by atoms with E-state index in [1.54, 1.807) is 6.08 Å². The molecule has 0 rings (SSSR count). The van der Waals surface area contributed by atoms with Crippen LogP contribution in [-0.4, -0.2) is 16.2 Å². The van der Waals surface area contributed by atoms with Gasteiger partial charge in [0, 0.05) is 6.42 Å². The molecule has 0 fully saturated rings.